The number of ether oxygens (including phenoxy) is 2. The molecule has 1 amide bonds. The molecule has 5 nitrogen and oxygen atoms in total. The van der Waals surface area contributed by atoms with Crippen LogP contribution in [0, 0.1) is 5.92 Å². The fourth-order valence-electron chi connectivity index (χ4n) is 2.96. The molecular formula is C19H31ClN2O3. The topological polar surface area (TPSA) is 64.8 Å². The largest absolute Gasteiger partial charge is 0.494 e. The Morgan fingerprint density at radius 2 is 1.88 bits per heavy atom. The predicted molar refractivity (Wildman–Crippen MR) is 102 cm³/mol. The minimum Gasteiger partial charge on any atom is -0.494 e. The van der Waals surface area contributed by atoms with Crippen molar-refractivity contribution in [1.29, 1.82) is 0 Å². The molecule has 1 aliphatic rings. The Morgan fingerprint density at radius 3 is 2.48 bits per heavy atom. The van der Waals surface area contributed by atoms with Gasteiger partial charge in [0.15, 0.2) is 0 Å². The zero-order valence-electron chi connectivity index (χ0n) is 15.1. The fourth-order valence-corrected chi connectivity index (χ4v) is 2.96. The molecule has 0 bridgehead atoms. The Hall–Kier alpha value is -1.30. The summed E-state index contributed by atoms with van der Waals surface area (Å²) in [7, 11) is 1.71. The number of carbonyl (C=O) groups excluding carboxylic acids is 1. The molecule has 6 heteroatoms. The molecule has 0 atom stereocenters. The molecule has 0 aromatic heterocycles. The molecule has 1 saturated heterocycles. The van der Waals surface area contributed by atoms with Crippen molar-refractivity contribution in [2.45, 2.75) is 32.1 Å². The number of nitrogens with zero attached hydrogens (tertiary/aromatic N) is 1. The zero-order chi connectivity index (χ0) is 17.2. The van der Waals surface area contributed by atoms with E-state index >= 15 is 0 Å². The van der Waals surface area contributed by atoms with Gasteiger partial charge in [-0.25, -0.2) is 0 Å². The molecule has 1 aromatic rings. The van der Waals surface area contributed by atoms with Gasteiger partial charge in [-0.15, -0.1) is 12.4 Å². The van der Waals surface area contributed by atoms with Crippen LogP contribution in [0.4, 0.5) is 0 Å². The van der Waals surface area contributed by atoms with Gasteiger partial charge in [0.2, 0.25) is 5.91 Å². The van der Waals surface area contributed by atoms with Crippen molar-refractivity contribution in [1.82, 2.24) is 4.90 Å². The first-order chi connectivity index (χ1) is 11.7. The van der Waals surface area contributed by atoms with E-state index < -0.39 is 0 Å². The van der Waals surface area contributed by atoms with Gasteiger partial charge in [0, 0.05) is 26.6 Å². The first-order valence-electron chi connectivity index (χ1n) is 8.91. The quantitative estimate of drug-likeness (QED) is 0.679. The van der Waals surface area contributed by atoms with E-state index in [0.29, 0.717) is 18.9 Å². The minimum absolute atomic E-state index is 0. The Kier molecular flexibility index (Phi) is 10.5. The summed E-state index contributed by atoms with van der Waals surface area (Å²) in [6.07, 6.45) is 4.29. The fraction of sp³-hybridized carbons (Fsp3) is 0.632. The van der Waals surface area contributed by atoms with Crippen LogP contribution in [0.1, 0.15) is 31.2 Å². The maximum atomic E-state index is 12.2. The third-order valence-corrected chi connectivity index (χ3v) is 4.62. The molecule has 0 aliphatic carbocycles. The standard InChI is InChI=1S/C19H30N2O3.ClH/c1-23-14-10-16-4-6-18(7-5-16)24-13-2-3-19(22)21-11-8-17(15-20)9-12-21;/h4-7,17H,2-3,8-15,20H2,1H3;1H. The van der Waals surface area contributed by atoms with E-state index in [9.17, 15) is 4.79 Å². The predicted octanol–water partition coefficient (Wildman–Crippen LogP) is 2.65. The molecule has 0 spiro atoms. The van der Waals surface area contributed by atoms with Crippen LogP contribution < -0.4 is 10.5 Å². The third kappa shape index (κ3) is 7.63. The van der Waals surface area contributed by atoms with Crippen LogP contribution in [-0.2, 0) is 16.0 Å². The highest BCUT2D eigenvalue weighted by atomic mass is 35.5. The molecule has 1 aliphatic heterocycles. The van der Waals surface area contributed by atoms with Crippen molar-refractivity contribution < 1.29 is 14.3 Å². The van der Waals surface area contributed by atoms with Crippen LogP contribution in [0.3, 0.4) is 0 Å². The van der Waals surface area contributed by atoms with E-state index in [1.54, 1.807) is 7.11 Å². The van der Waals surface area contributed by atoms with Gasteiger partial charge in [-0.2, -0.15) is 0 Å². The summed E-state index contributed by atoms with van der Waals surface area (Å²) in [6, 6.07) is 8.07. The molecule has 2 N–H and O–H groups in total. The van der Waals surface area contributed by atoms with Gasteiger partial charge in [-0.05, 0) is 55.8 Å². The number of methoxy groups -OCH3 is 1. The Balaban J connectivity index is 0.00000312. The smallest absolute Gasteiger partial charge is 0.222 e. The molecule has 1 aromatic carbocycles. The molecule has 1 heterocycles. The van der Waals surface area contributed by atoms with E-state index in [2.05, 4.69) is 12.1 Å². The normalized spacial score (nSPS) is 14.9. The van der Waals surface area contributed by atoms with Crippen LogP contribution in [0.5, 0.6) is 5.75 Å². The van der Waals surface area contributed by atoms with Crippen molar-refractivity contribution in [3.63, 3.8) is 0 Å². The lowest BCUT2D eigenvalue weighted by Crippen LogP contribution is -2.40. The van der Waals surface area contributed by atoms with Gasteiger partial charge >= 0.3 is 0 Å². The van der Waals surface area contributed by atoms with E-state index in [1.807, 2.05) is 17.0 Å². The summed E-state index contributed by atoms with van der Waals surface area (Å²) in [5.74, 6) is 1.68. The first kappa shape index (κ1) is 21.7. The summed E-state index contributed by atoms with van der Waals surface area (Å²) >= 11 is 0. The lowest BCUT2D eigenvalue weighted by molar-refractivity contribution is -0.132. The highest BCUT2D eigenvalue weighted by Crippen LogP contribution is 2.17. The first-order valence-corrected chi connectivity index (χ1v) is 8.91. The second-order valence-corrected chi connectivity index (χ2v) is 6.40. The second-order valence-electron chi connectivity index (χ2n) is 6.40. The Morgan fingerprint density at radius 1 is 1.20 bits per heavy atom. The third-order valence-electron chi connectivity index (χ3n) is 4.62. The van der Waals surface area contributed by atoms with Crippen molar-refractivity contribution in [2.75, 3.05) is 40.0 Å². The Labute approximate surface area is 157 Å². The van der Waals surface area contributed by atoms with Crippen molar-refractivity contribution in [3.8, 4) is 5.75 Å². The highest BCUT2D eigenvalue weighted by molar-refractivity contribution is 5.85. The summed E-state index contributed by atoms with van der Waals surface area (Å²) in [5.41, 5.74) is 6.92. The summed E-state index contributed by atoms with van der Waals surface area (Å²) < 4.78 is 10.8. The molecule has 2 rings (SSSR count). The molecule has 0 saturated carbocycles. The van der Waals surface area contributed by atoms with Gasteiger partial charge < -0.3 is 20.1 Å². The van der Waals surface area contributed by atoms with E-state index in [1.165, 1.54) is 5.56 Å². The van der Waals surface area contributed by atoms with Crippen LogP contribution in [-0.4, -0.2) is 50.8 Å². The van der Waals surface area contributed by atoms with Gasteiger partial charge in [0.1, 0.15) is 5.75 Å². The molecule has 0 radical (unpaired) electrons. The highest BCUT2D eigenvalue weighted by Gasteiger charge is 2.21. The van der Waals surface area contributed by atoms with E-state index in [4.69, 9.17) is 15.2 Å². The Bertz CT molecular complexity index is 488. The maximum absolute atomic E-state index is 12.2. The molecule has 142 valence electrons. The number of piperidine rings is 1. The number of halogens is 1. The van der Waals surface area contributed by atoms with Crippen molar-refractivity contribution >= 4 is 18.3 Å². The SMILES string of the molecule is COCCc1ccc(OCCCC(=O)N2CCC(CN)CC2)cc1.Cl. The average Bonchev–Trinajstić information content (AvgIpc) is 2.64. The molecule has 25 heavy (non-hydrogen) atoms. The number of carbonyl (C=O) groups is 1. The summed E-state index contributed by atoms with van der Waals surface area (Å²) in [5, 5.41) is 0. The summed E-state index contributed by atoms with van der Waals surface area (Å²) in [4.78, 5) is 14.1. The van der Waals surface area contributed by atoms with Crippen molar-refractivity contribution in [3.05, 3.63) is 29.8 Å². The van der Waals surface area contributed by atoms with Crippen LogP contribution in [0.15, 0.2) is 24.3 Å². The van der Waals surface area contributed by atoms with E-state index in [-0.39, 0.29) is 18.3 Å². The lowest BCUT2D eigenvalue weighted by atomic mass is 9.97. The van der Waals surface area contributed by atoms with Crippen LogP contribution in [0.25, 0.3) is 0 Å². The number of amides is 1. The van der Waals surface area contributed by atoms with Gasteiger partial charge in [0.05, 0.1) is 13.2 Å². The number of hydrogen-bond donors (Lipinski definition) is 1. The molecule has 1 fully saturated rings. The monoisotopic (exact) mass is 370 g/mol. The number of benzene rings is 1. The van der Waals surface area contributed by atoms with Gasteiger partial charge in [-0.3, -0.25) is 4.79 Å². The second kappa shape index (κ2) is 12.1. The van der Waals surface area contributed by atoms with E-state index in [0.717, 1.165) is 57.7 Å². The lowest BCUT2D eigenvalue weighted by Gasteiger charge is -2.31. The number of hydrogen-bond acceptors (Lipinski definition) is 4. The molecule has 0 unspecified atom stereocenters. The average molecular weight is 371 g/mol. The minimum atomic E-state index is 0. The number of nitrogens with two attached hydrogens (primary N) is 1. The van der Waals surface area contributed by atoms with Crippen molar-refractivity contribution in [2.24, 2.45) is 11.7 Å². The number of rotatable bonds is 9. The van der Waals surface area contributed by atoms with Crippen LogP contribution >= 0.6 is 12.4 Å². The zero-order valence-corrected chi connectivity index (χ0v) is 15.9. The van der Waals surface area contributed by atoms with Gasteiger partial charge in [0.25, 0.3) is 0 Å². The van der Waals surface area contributed by atoms with Crippen LogP contribution in [0.2, 0.25) is 0 Å². The number of likely N-dealkylation sites (tertiary alicyclic amines) is 1. The summed E-state index contributed by atoms with van der Waals surface area (Å²) in [6.45, 7) is 3.74. The van der Waals surface area contributed by atoms with Gasteiger partial charge in [-0.1, -0.05) is 12.1 Å². The molecular weight excluding hydrogens is 340 g/mol. The maximum Gasteiger partial charge on any atom is 0.222 e.